The van der Waals surface area contributed by atoms with E-state index in [2.05, 4.69) is 10.3 Å². The molecule has 0 aliphatic rings. The summed E-state index contributed by atoms with van der Waals surface area (Å²) in [5, 5.41) is 14.6. The fourth-order valence-electron chi connectivity index (χ4n) is 1.79. The van der Waals surface area contributed by atoms with Crippen LogP contribution in [0.2, 0.25) is 0 Å². The van der Waals surface area contributed by atoms with E-state index in [1.807, 2.05) is 0 Å². The number of non-ortho nitro benzene ring substituents is 1. The molecule has 0 atom stereocenters. The van der Waals surface area contributed by atoms with Crippen LogP contribution < -0.4 is 5.32 Å². The molecule has 0 fully saturated rings. The molecule has 2 rings (SSSR count). The van der Waals surface area contributed by atoms with Crippen molar-refractivity contribution < 1.29 is 9.72 Å². The lowest BCUT2D eigenvalue weighted by atomic mass is 10.1. The molecule has 7 nitrogen and oxygen atoms in total. The van der Waals surface area contributed by atoms with E-state index < -0.39 is 4.92 Å². The van der Waals surface area contributed by atoms with E-state index in [0.717, 1.165) is 0 Å². The Morgan fingerprint density at radius 1 is 1.40 bits per heavy atom. The molecule has 1 aromatic heterocycles. The fourth-order valence-corrected chi connectivity index (χ4v) is 1.79. The lowest BCUT2D eigenvalue weighted by molar-refractivity contribution is -0.383. The summed E-state index contributed by atoms with van der Waals surface area (Å²) in [6, 6.07) is 6.41. The number of pyridine rings is 1. The molecule has 0 unspecified atom stereocenters. The Labute approximate surface area is 115 Å². The Kier molecular flexibility index (Phi) is 3.79. The molecule has 7 heteroatoms. The zero-order chi connectivity index (χ0) is 14.7. The molecule has 0 radical (unpaired) electrons. The number of benzene rings is 1. The van der Waals surface area contributed by atoms with Gasteiger partial charge in [0.05, 0.1) is 11.5 Å². The SMILES string of the molecule is CN(C)C(=O)CNc1ccc([N+](=O)[O-])c2ncccc12. The fraction of sp³-hybridized carbons (Fsp3) is 0.231. The number of carbonyl (C=O) groups is 1. The summed E-state index contributed by atoms with van der Waals surface area (Å²) in [5.41, 5.74) is 0.902. The Bertz CT molecular complexity index is 670. The van der Waals surface area contributed by atoms with E-state index in [1.54, 1.807) is 32.3 Å². The highest BCUT2D eigenvalue weighted by atomic mass is 16.6. The number of rotatable bonds is 4. The molecule has 0 spiro atoms. The number of likely N-dealkylation sites (N-methyl/N-ethyl adjacent to an activating group) is 1. The van der Waals surface area contributed by atoms with Gasteiger partial charge in [-0.1, -0.05) is 0 Å². The van der Waals surface area contributed by atoms with Crippen LogP contribution in [0.5, 0.6) is 0 Å². The van der Waals surface area contributed by atoms with E-state index in [0.29, 0.717) is 16.6 Å². The quantitative estimate of drug-likeness (QED) is 0.676. The standard InChI is InChI=1S/C13H14N4O3/c1-16(2)12(18)8-15-10-5-6-11(17(19)20)13-9(10)4-3-7-14-13/h3-7,15H,8H2,1-2H3. The molecular formula is C13H14N4O3. The summed E-state index contributed by atoms with van der Waals surface area (Å²) in [5.74, 6) is -0.0830. The third-order valence-electron chi connectivity index (χ3n) is 2.87. The Morgan fingerprint density at radius 3 is 2.80 bits per heavy atom. The van der Waals surface area contributed by atoms with Crippen LogP contribution in [-0.4, -0.2) is 41.4 Å². The van der Waals surface area contributed by atoms with Crippen LogP contribution in [0.15, 0.2) is 30.5 Å². The maximum atomic E-state index is 11.6. The molecule has 2 aromatic rings. The zero-order valence-electron chi connectivity index (χ0n) is 11.2. The maximum absolute atomic E-state index is 11.6. The number of amides is 1. The van der Waals surface area contributed by atoms with E-state index in [1.165, 1.54) is 17.2 Å². The second-order valence-electron chi connectivity index (χ2n) is 4.43. The minimum absolute atomic E-state index is 0.0508. The number of carbonyl (C=O) groups excluding carboxylic acids is 1. The van der Waals surface area contributed by atoms with Crippen molar-refractivity contribution in [1.29, 1.82) is 0 Å². The van der Waals surface area contributed by atoms with Crippen molar-refractivity contribution in [2.75, 3.05) is 26.0 Å². The number of anilines is 1. The summed E-state index contributed by atoms with van der Waals surface area (Å²) in [6.45, 7) is 0.120. The lowest BCUT2D eigenvalue weighted by Gasteiger charge is -2.13. The van der Waals surface area contributed by atoms with E-state index in [9.17, 15) is 14.9 Å². The summed E-state index contributed by atoms with van der Waals surface area (Å²) < 4.78 is 0. The molecule has 1 amide bonds. The Hall–Kier alpha value is -2.70. The van der Waals surface area contributed by atoms with Crippen LogP contribution in [0.25, 0.3) is 10.9 Å². The van der Waals surface area contributed by atoms with Gasteiger partial charge in [0.15, 0.2) is 0 Å². The Balaban J connectivity index is 2.38. The predicted octanol–water partition coefficient (Wildman–Crippen LogP) is 1.64. The van der Waals surface area contributed by atoms with E-state index in [4.69, 9.17) is 0 Å². The maximum Gasteiger partial charge on any atom is 0.295 e. The normalized spacial score (nSPS) is 10.3. The molecule has 0 aliphatic heterocycles. The van der Waals surface area contributed by atoms with E-state index in [-0.39, 0.29) is 18.1 Å². The minimum atomic E-state index is -0.468. The van der Waals surface area contributed by atoms with Crippen LogP contribution in [0.3, 0.4) is 0 Å². The van der Waals surface area contributed by atoms with Crippen molar-refractivity contribution in [3.05, 3.63) is 40.6 Å². The first-order valence-corrected chi connectivity index (χ1v) is 5.97. The van der Waals surface area contributed by atoms with Crippen LogP contribution >= 0.6 is 0 Å². The zero-order valence-corrected chi connectivity index (χ0v) is 11.2. The first-order chi connectivity index (χ1) is 9.50. The number of nitro benzene ring substituents is 1. The van der Waals surface area contributed by atoms with Crippen LogP contribution in [0, 0.1) is 10.1 Å². The van der Waals surface area contributed by atoms with Crippen molar-refractivity contribution >= 4 is 28.2 Å². The third-order valence-corrected chi connectivity index (χ3v) is 2.87. The summed E-state index contributed by atoms with van der Waals surface area (Å²) in [6.07, 6.45) is 1.50. The second kappa shape index (κ2) is 5.52. The number of nitrogens with one attached hydrogen (secondary N) is 1. The van der Waals surface area contributed by atoms with Gasteiger partial charge in [0.1, 0.15) is 5.52 Å². The van der Waals surface area contributed by atoms with Gasteiger partial charge in [0, 0.05) is 37.4 Å². The number of nitro groups is 1. The molecule has 0 saturated carbocycles. The van der Waals surface area contributed by atoms with Gasteiger partial charge < -0.3 is 10.2 Å². The van der Waals surface area contributed by atoms with Crippen molar-refractivity contribution in [1.82, 2.24) is 9.88 Å². The van der Waals surface area contributed by atoms with Crippen LogP contribution in [0.4, 0.5) is 11.4 Å². The topological polar surface area (TPSA) is 88.4 Å². The molecule has 1 heterocycles. The Morgan fingerprint density at radius 2 is 2.15 bits per heavy atom. The first kappa shape index (κ1) is 13.7. The number of hydrogen-bond donors (Lipinski definition) is 1. The first-order valence-electron chi connectivity index (χ1n) is 5.97. The highest BCUT2D eigenvalue weighted by Gasteiger charge is 2.15. The van der Waals surface area contributed by atoms with Gasteiger partial charge in [0.2, 0.25) is 5.91 Å². The summed E-state index contributed by atoms with van der Waals surface area (Å²) >= 11 is 0. The highest BCUT2D eigenvalue weighted by Crippen LogP contribution is 2.29. The van der Waals surface area contributed by atoms with Gasteiger partial charge in [0.25, 0.3) is 5.69 Å². The van der Waals surface area contributed by atoms with Crippen molar-refractivity contribution in [3.63, 3.8) is 0 Å². The minimum Gasteiger partial charge on any atom is -0.376 e. The average molecular weight is 274 g/mol. The van der Waals surface area contributed by atoms with E-state index >= 15 is 0 Å². The van der Waals surface area contributed by atoms with Crippen LogP contribution in [-0.2, 0) is 4.79 Å². The predicted molar refractivity (Wildman–Crippen MR) is 75.6 cm³/mol. The molecule has 104 valence electrons. The van der Waals surface area contributed by atoms with Crippen molar-refractivity contribution in [3.8, 4) is 0 Å². The van der Waals surface area contributed by atoms with Gasteiger partial charge in [-0.3, -0.25) is 14.9 Å². The highest BCUT2D eigenvalue weighted by molar-refractivity contribution is 5.97. The molecule has 1 N–H and O–H groups in total. The second-order valence-corrected chi connectivity index (χ2v) is 4.43. The molecule has 20 heavy (non-hydrogen) atoms. The summed E-state index contributed by atoms with van der Waals surface area (Å²) in [7, 11) is 3.33. The summed E-state index contributed by atoms with van der Waals surface area (Å²) in [4.78, 5) is 27.6. The van der Waals surface area contributed by atoms with Crippen molar-refractivity contribution in [2.24, 2.45) is 0 Å². The smallest absolute Gasteiger partial charge is 0.295 e. The molecule has 0 bridgehead atoms. The number of nitrogens with zero attached hydrogens (tertiary/aromatic N) is 3. The van der Waals surface area contributed by atoms with Gasteiger partial charge in [-0.05, 0) is 18.2 Å². The molecule has 1 aromatic carbocycles. The monoisotopic (exact) mass is 274 g/mol. The van der Waals surface area contributed by atoms with Gasteiger partial charge in [-0.15, -0.1) is 0 Å². The van der Waals surface area contributed by atoms with Gasteiger partial charge >= 0.3 is 0 Å². The van der Waals surface area contributed by atoms with Gasteiger partial charge in [-0.25, -0.2) is 4.98 Å². The molecular weight excluding hydrogens is 260 g/mol. The van der Waals surface area contributed by atoms with Crippen molar-refractivity contribution in [2.45, 2.75) is 0 Å². The van der Waals surface area contributed by atoms with Gasteiger partial charge in [-0.2, -0.15) is 0 Å². The number of aromatic nitrogens is 1. The number of hydrogen-bond acceptors (Lipinski definition) is 5. The number of fused-ring (bicyclic) bond motifs is 1. The lowest BCUT2D eigenvalue weighted by Crippen LogP contribution is -2.28. The third kappa shape index (κ3) is 2.66. The average Bonchev–Trinajstić information content (AvgIpc) is 2.43. The largest absolute Gasteiger partial charge is 0.376 e. The molecule has 0 aliphatic carbocycles. The van der Waals surface area contributed by atoms with Crippen LogP contribution in [0.1, 0.15) is 0 Å². The molecule has 0 saturated heterocycles.